The second kappa shape index (κ2) is 8.27. The summed E-state index contributed by atoms with van der Waals surface area (Å²) in [5.41, 5.74) is 4.10. The van der Waals surface area contributed by atoms with E-state index < -0.39 is 20.2 Å². The normalized spacial score (nSPS) is 14.1. The molecule has 1 heterocycles. The van der Waals surface area contributed by atoms with Gasteiger partial charge in [0, 0.05) is 18.7 Å². The lowest BCUT2D eigenvalue weighted by Gasteiger charge is -2.14. The fourth-order valence-electron chi connectivity index (χ4n) is 3.95. The summed E-state index contributed by atoms with van der Waals surface area (Å²) in [6, 6.07) is 14.9. The van der Waals surface area contributed by atoms with Crippen molar-refractivity contribution in [1.29, 1.82) is 0 Å². The van der Waals surface area contributed by atoms with Crippen molar-refractivity contribution in [1.82, 2.24) is 5.32 Å². The molecule has 0 bridgehead atoms. The summed E-state index contributed by atoms with van der Waals surface area (Å²) in [4.78, 5) is -0.553. The van der Waals surface area contributed by atoms with Crippen molar-refractivity contribution in [2.45, 2.75) is 29.8 Å². The molecule has 7 nitrogen and oxygen atoms in total. The van der Waals surface area contributed by atoms with Crippen molar-refractivity contribution >= 4 is 32.4 Å². The highest BCUT2D eigenvalue weighted by Crippen LogP contribution is 2.36. The van der Waals surface area contributed by atoms with Gasteiger partial charge in [0.15, 0.2) is 0 Å². The Morgan fingerprint density at radius 1 is 0.812 bits per heavy atom. The predicted molar refractivity (Wildman–Crippen MR) is 122 cm³/mol. The SMILES string of the molecule is Cc1ccc(C=Cc2cccc(-c3cccc4c3CNC4)c2S(=O)(=O)O)c(S(=O)(=O)O)c1. The number of benzene rings is 3. The van der Waals surface area contributed by atoms with Crippen LogP contribution in [-0.2, 0) is 33.3 Å². The third-order valence-corrected chi connectivity index (χ3v) is 7.25. The molecule has 0 aromatic heterocycles. The number of rotatable bonds is 5. The first-order valence-electron chi connectivity index (χ1n) is 9.74. The van der Waals surface area contributed by atoms with E-state index in [0.717, 1.165) is 11.1 Å². The summed E-state index contributed by atoms with van der Waals surface area (Å²) in [6.45, 7) is 2.95. The number of hydrogen-bond acceptors (Lipinski definition) is 5. The van der Waals surface area contributed by atoms with Crippen LogP contribution in [0.5, 0.6) is 0 Å². The van der Waals surface area contributed by atoms with Crippen molar-refractivity contribution in [3.63, 3.8) is 0 Å². The van der Waals surface area contributed by atoms with Crippen LogP contribution in [0.3, 0.4) is 0 Å². The van der Waals surface area contributed by atoms with Gasteiger partial charge in [-0.3, -0.25) is 9.11 Å². The minimum Gasteiger partial charge on any atom is -0.309 e. The average Bonchev–Trinajstić information content (AvgIpc) is 3.20. The molecular weight excluding hydrogens is 450 g/mol. The van der Waals surface area contributed by atoms with Crippen molar-refractivity contribution in [2.24, 2.45) is 0 Å². The molecule has 0 amide bonds. The van der Waals surface area contributed by atoms with Gasteiger partial charge in [-0.1, -0.05) is 60.7 Å². The van der Waals surface area contributed by atoms with Gasteiger partial charge in [0.1, 0.15) is 9.79 Å². The maximum Gasteiger partial charge on any atom is 0.295 e. The van der Waals surface area contributed by atoms with Gasteiger partial charge in [-0.15, -0.1) is 0 Å². The highest BCUT2D eigenvalue weighted by atomic mass is 32.2. The van der Waals surface area contributed by atoms with Crippen molar-refractivity contribution in [2.75, 3.05) is 0 Å². The molecule has 0 radical (unpaired) electrons. The molecule has 1 aliphatic rings. The molecule has 3 aromatic rings. The quantitative estimate of drug-likeness (QED) is 0.381. The summed E-state index contributed by atoms with van der Waals surface area (Å²) in [5, 5.41) is 3.24. The van der Waals surface area contributed by atoms with Crippen LogP contribution in [0.4, 0.5) is 0 Å². The largest absolute Gasteiger partial charge is 0.309 e. The first kappa shape index (κ1) is 22.4. The summed E-state index contributed by atoms with van der Waals surface area (Å²) < 4.78 is 68.0. The van der Waals surface area contributed by atoms with Crippen molar-refractivity contribution in [3.05, 3.63) is 82.4 Å². The molecular formula is C23H21NO6S2. The van der Waals surface area contributed by atoms with E-state index in [-0.39, 0.29) is 20.9 Å². The first-order valence-corrected chi connectivity index (χ1v) is 12.6. The highest BCUT2D eigenvalue weighted by molar-refractivity contribution is 7.86. The monoisotopic (exact) mass is 471 g/mol. The second-order valence-corrected chi connectivity index (χ2v) is 10.3. The number of nitrogens with one attached hydrogen (secondary N) is 1. The van der Waals surface area contributed by atoms with Gasteiger partial charge in [-0.2, -0.15) is 16.8 Å². The van der Waals surface area contributed by atoms with Crippen LogP contribution < -0.4 is 5.32 Å². The smallest absolute Gasteiger partial charge is 0.295 e. The number of aryl methyl sites for hydroxylation is 1. The Bertz CT molecular complexity index is 1460. The van der Waals surface area contributed by atoms with E-state index in [1.807, 2.05) is 12.1 Å². The molecule has 0 atom stereocenters. The van der Waals surface area contributed by atoms with E-state index in [9.17, 15) is 25.9 Å². The standard InChI is InChI=1S/C23H21NO6S2/c1-15-8-9-16(22(12-15)31(25,26)27)10-11-17-4-2-7-20(23(17)32(28,29)30)19-6-3-5-18-13-24-14-21(18)19/h2-12,24H,13-14H2,1H3,(H,25,26,27)(H,28,29,30). The van der Waals surface area contributed by atoms with Crippen LogP contribution >= 0.6 is 0 Å². The fraction of sp³-hybridized carbons (Fsp3) is 0.130. The molecule has 0 saturated carbocycles. The third kappa shape index (κ3) is 4.38. The molecule has 166 valence electrons. The maximum absolute atomic E-state index is 12.4. The third-order valence-electron chi connectivity index (χ3n) is 5.37. The van der Waals surface area contributed by atoms with E-state index >= 15 is 0 Å². The summed E-state index contributed by atoms with van der Waals surface area (Å²) in [7, 11) is -9.10. The second-order valence-electron chi connectivity index (χ2n) is 7.60. The topological polar surface area (TPSA) is 121 Å². The molecule has 32 heavy (non-hydrogen) atoms. The molecule has 0 unspecified atom stereocenters. The average molecular weight is 472 g/mol. The van der Waals surface area contributed by atoms with E-state index in [1.165, 1.54) is 30.4 Å². The number of hydrogen-bond donors (Lipinski definition) is 3. The molecule has 3 N–H and O–H groups in total. The number of fused-ring (bicyclic) bond motifs is 1. The molecule has 1 aliphatic heterocycles. The zero-order valence-electron chi connectivity index (χ0n) is 17.1. The Balaban J connectivity index is 1.90. The molecule has 0 fully saturated rings. The maximum atomic E-state index is 12.4. The van der Waals surface area contributed by atoms with Gasteiger partial charge in [-0.05, 0) is 46.4 Å². The molecule has 0 spiro atoms. The molecule has 0 aliphatic carbocycles. The van der Waals surface area contributed by atoms with Crippen LogP contribution in [0, 0.1) is 6.92 Å². The van der Waals surface area contributed by atoms with Crippen LogP contribution in [0.25, 0.3) is 23.3 Å². The summed E-state index contributed by atoms with van der Waals surface area (Å²) >= 11 is 0. The Kier molecular flexibility index (Phi) is 5.78. The minimum atomic E-state index is -4.62. The highest BCUT2D eigenvalue weighted by Gasteiger charge is 2.24. The van der Waals surface area contributed by atoms with Crippen molar-refractivity contribution in [3.8, 4) is 11.1 Å². The van der Waals surface area contributed by atoms with E-state index in [1.54, 1.807) is 31.2 Å². The van der Waals surface area contributed by atoms with Gasteiger partial charge in [0.2, 0.25) is 0 Å². The van der Waals surface area contributed by atoms with E-state index in [4.69, 9.17) is 0 Å². The van der Waals surface area contributed by atoms with E-state index in [0.29, 0.717) is 29.8 Å². The lowest BCUT2D eigenvalue weighted by atomic mass is 9.95. The lowest BCUT2D eigenvalue weighted by molar-refractivity contribution is 0.480. The van der Waals surface area contributed by atoms with E-state index in [2.05, 4.69) is 5.32 Å². The van der Waals surface area contributed by atoms with Gasteiger partial charge in [-0.25, -0.2) is 0 Å². The van der Waals surface area contributed by atoms with Crippen LogP contribution in [0.2, 0.25) is 0 Å². The van der Waals surface area contributed by atoms with Gasteiger partial charge >= 0.3 is 0 Å². The Labute approximate surface area is 186 Å². The Morgan fingerprint density at radius 3 is 2.22 bits per heavy atom. The van der Waals surface area contributed by atoms with Gasteiger partial charge in [0.05, 0.1) is 0 Å². The first-order chi connectivity index (χ1) is 15.1. The van der Waals surface area contributed by atoms with Crippen molar-refractivity contribution < 1.29 is 25.9 Å². The lowest BCUT2D eigenvalue weighted by Crippen LogP contribution is -2.05. The van der Waals surface area contributed by atoms with Gasteiger partial charge in [0.25, 0.3) is 20.2 Å². The van der Waals surface area contributed by atoms with Gasteiger partial charge < -0.3 is 5.32 Å². The molecule has 4 rings (SSSR count). The molecule has 3 aromatic carbocycles. The Hall–Kier alpha value is -2.82. The molecule has 9 heteroatoms. The fourth-order valence-corrected chi connectivity index (χ4v) is 5.61. The summed E-state index contributed by atoms with van der Waals surface area (Å²) in [5.74, 6) is 0. The molecule has 0 saturated heterocycles. The van der Waals surface area contributed by atoms with Crippen LogP contribution in [0.15, 0.2) is 64.4 Å². The minimum absolute atomic E-state index is 0.189. The summed E-state index contributed by atoms with van der Waals surface area (Å²) in [6.07, 6.45) is 2.81. The van der Waals surface area contributed by atoms with Crippen LogP contribution in [0.1, 0.15) is 27.8 Å². The predicted octanol–water partition coefficient (Wildman–Crippen LogP) is 3.93. The zero-order chi connectivity index (χ0) is 23.1. The zero-order valence-corrected chi connectivity index (χ0v) is 18.7. The Morgan fingerprint density at radius 2 is 1.50 bits per heavy atom. The van der Waals surface area contributed by atoms with Crippen LogP contribution in [-0.4, -0.2) is 25.9 Å².